The monoisotopic (exact) mass is 359 g/mol. The van der Waals surface area contributed by atoms with Crippen molar-refractivity contribution in [3.63, 3.8) is 0 Å². The molecule has 0 bridgehead atoms. The average molecular weight is 359 g/mol. The zero-order valence-electron chi connectivity index (χ0n) is 14.3. The molecule has 0 N–H and O–H groups in total. The van der Waals surface area contributed by atoms with Crippen LogP contribution in [0.1, 0.15) is 11.5 Å². The molecule has 3 rings (SSSR count). The second-order valence-corrected chi connectivity index (χ2v) is 5.94. The number of ether oxygens (including phenoxy) is 1. The van der Waals surface area contributed by atoms with Gasteiger partial charge in [-0.1, -0.05) is 0 Å². The number of rotatable bonds is 5. The van der Waals surface area contributed by atoms with Gasteiger partial charge in [-0.25, -0.2) is 0 Å². The number of nitrogens with zero attached hydrogens (tertiary/aromatic N) is 3. The highest BCUT2D eigenvalue weighted by atomic mass is 16.6. The maximum absolute atomic E-state index is 12.5. The third kappa shape index (κ3) is 3.51. The van der Waals surface area contributed by atoms with Crippen molar-refractivity contribution in [2.75, 3.05) is 25.1 Å². The minimum Gasteiger partial charge on any atom is -0.482 e. The molecule has 0 saturated heterocycles. The Balaban J connectivity index is 1.78. The van der Waals surface area contributed by atoms with E-state index in [2.05, 4.69) is 0 Å². The summed E-state index contributed by atoms with van der Waals surface area (Å²) in [6, 6.07) is 7.52. The molecule has 9 heteroatoms. The molecular weight excluding hydrogens is 342 g/mol. The summed E-state index contributed by atoms with van der Waals surface area (Å²) in [6.07, 6.45) is 0. The van der Waals surface area contributed by atoms with E-state index >= 15 is 0 Å². The van der Waals surface area contributed by atoms with Crippen molar-refractivity contribution in [3.8, 4) is 5.75 Å². The molecule has 1 aromatic heterocycles. The minimum atomic E-state index is -0.565. The number of likely N-dealkylation sites (N-methyl/N-ethyl adjacent to an activating group) is 1. The molecular formula is C17H17N3O6. The van der Waals surface area contributed by atoms with Crippen LogP contribution in [0.3, 0.4) is 0 Å². The summed E-state index contributed by atoms with van der Waals surface area (Å²) in [4.78, 5) is 37.8. The normalized spacial score (nSPS) is 13.2. The minimum absolute atomic E-state index is 0.182. The second-order valence-electron chi connectivity index (χ2n) is 5.94. The van der Waals surface area contributed by atoms with Gasteiger partial charge in [0.15, 0.2) is 6.61 Å². The van der Waals surface area contributed by atoms with Crippen molar-refractivity contribution < 1.29 is 23.7 Å². The van der Waals surface area contributed by atoms with Gasteiger partial charge in [0, 0.05) is 19.2 Å². The van der Waals surface area contributed by atoms with E-state index < -0.39 is 10.8 Å². The van der Waals surface area contributed by atoms with E-state index in [4.69, 9.17) is 9.15 Å². The summed E-state index contributed by atoms with van der Waals surface area (Å²) in [5, 5.41) is 11.0. The number of hydrogen-bond donors (Lipinski definition) is 0. The van der Waals surface area contributed by atoms with Crippen LogP contribution < -0.4 is 9.64 Å². The van der Waals surface area contributed by atoms with Crippen molar-refractivity contribution in [2.45, 2.75) is 13.5 Å². The van der Waals surface area contributed by atoms with Crippen LogP contribution in [0.4, 0.5) is 11.4 Å². The van der Waals surface area contributed by atoms with Crippen LogP contribution in [-0.4, -0.2) is 41.8 Å². The number of benzene rings is 1. The fraction of sp³-hybridized carbons (Fsp3) is 0.294. The number of furan rings is 1. The van der Waals surface area contributed by atoms with Crippen molar-refractivity contribution in [1.82, 2.24) is 4.90 Å². The maximum Gasteiger partial charge on any atom is 0.271 e. The standard InChI is InChI=1S/C17H17N3O6/c1-11-3-5-13(26-11)8-18(2)16(21)9-19-14-7-12(20(23)24)4-6-15(14)25-10-17(19)22/h3-7H,8-10H2,1-2H3. The SMILES string of the molecule is Cc1ccc(CN(C)C(=O)CN2C(=O)COc3ccc([N+](=O)[O-])cc32)o1. The van der Waals surface area contributed by atoms with Gasteiger partial charge < -0.3 is 14.1 Å². The molecule has 2 heterocycles. The number of non-ortho nitro benzene ring substituents is 1. The average Bonchev–Trinajstić information content (AvgIpc) is 3.01. The van der Waals surface area contributed by atoms with Crippen molar-refractivity contribution in [1.29, 1.82) is 0 Å². The van der Waals surface area contributed by atoms with Gasteiger partial charge in [0.1, 0.15) is 23.8 Å². The highest BCUT2D eigenvalue weighted by Crippen LogP contribution is 2.35. The molecule has 0 fully saturated rings. The Hall–Kier alpha value is -3.36. The van der Waals surface area contributed by atoms with Crippen LogP contribution in [0.25, 0.3) is 0 Å². The smallest absolute Gasteiger partial charge is 0.271 e. The van der Waals surface area contributed by atoms with Gasteiger partial charge in [0.25, 0.3) is 11.6 Å². The van der Waals surface area contributed by atoms with Crippen LogP contribution in [0.5, 0.6) is 5.75 Å². The van der Waals surface area contributed by atoms with E-state index in [1.54, 1.807) is 19.2 Å². The van der Waals surface area contributed by atoms with Gasteiger partial charge >= 0.3 is 0 Å². The van der Waals surface area contributed by atoms with Crippen LogP contribution >= 0.6 is 0 Å². The quantitative estimate of drug-likeness (QED) is 0.596. The largest absolute Gasteiger partial charge is 0.482 e. The summed E-state index contributed by atoms with van der Waals surface area (Å²) in [6.45, 7) is 1.60. The van der Waals surface area contributed by atoms with Gasteiger partial charge in [-0.05, 0) is 25.1 Å². The van der Waals surface area contributed by atoms with Crippen molar-refractivity contribution in [3.05, 3.63) is 52.0 Å². The Morgan fingerprint density at radius 1 is 1.35 bits per heavy atom. The first-order valence-corrected chi connectivity index (χ1v) is 7.86. The summed E-state index contributed by atoms with van der Waals surface area (Å²) in [5.74, 6) is 0.931. The predicted molar refractivity (Wildman–Crippen MR) is 90.9 cm³/mol. The second kappa shape index (κ2) is 6.87. The number of nitro groups is 1. The molecule has 9 nitrogen and oxygen atoms in total. The molecule has 0 saturated carbocycles. The Bertz CT molecular complexity index is 875. The first-order chi connectivity index (χ1) is 12.3. The Morgan fingerprint density at radius 2 is 2.12 bits per heavy atom. The maximum atomic E-state index is 12.5. The first-order valence-electron chi connectivity index (χ1n) is 7.86. The highest BCUT2D eigenvalue weighted by molar-refractivity contribution is 6.02. The predicted octanol–water partition coefficient (Wildman–Crippen LogP) is 1.88. The van der Waals surface area contributed by atoms with Crippen LogP contribution in [-0.2, 0) is 16.1 Å². The number of carbonyl (C=O) groups excluding carboxylic acids is 2. The number of carbonyl (C=O) groups is 2. The molecule has 0 radical (unpaired) electrons. The molecule has 136 valence electrons. The topological polar surface area (TPSA) is 106 Å². The molecule has 2 amide bonds. The van der Waals surface area contributed by atoms with E-state index in [-0.39, 0.29) is 37.0 Å². The van der Waals surface area contributed by atoms with E-state index in [0.717, 1.165) is 5.76 Å². The van der Waals surface area contributed by atoms with Crippen LogP contribution in [0, 0.1) is 17.0 Å². The van der Waals surface area contributed by atoms with Gasteiger partial charge in [-0.2, -0.15) is 0 Å². The van der Waals surface area contributed by atoms with Gasteiger partial charge in [-0.3, -0.25) is 24.6 Å². The van der Waals surface area contributed by atoms with Gasteiger partial charge in [-0.15, -0.1) is 0 Å². The molecule has 0 atom stereocenters. The zero-order valence-corrected chi connectivity index (χ0v) is 14.3. The van der Waals surface area contributed by atoms with Crippen LogP contribution in [0.15, 0.2) is 34.7 Å². The Kier molecular flexibility index (Phi) is 4.61. The number of anilines is 1. The summed E-state index contributed by atoms with van der Waals surface area (Å²) < 4.78 is 10.7. The molecule has 0 unspecified atom stereocenters. The number of nitro benzene ring substituents is 1. The number of hydrogen-bond acceptors (Lipinski definition) is 6. The number of aryl methyl sites for hydroxylation is 1. The molecule has 0 spiro atoms. The molecule has 0 aliphatic carbocycles. The number of fused-ring (bicyclic) bond motifs is 1. The third-order valence-electron chi connectivity index (χ3n) is 4.00. The van der Waals surface area contributed by atoms with E-state index in [0.29, 0.717) is 11.5 Å². The zero-order chi connectivity index (χ0) is 18.8. The van der Waals surface area contributed by atoms with Crippen molar-refractivity contribution in [2.24, 2.45) is 0 Å². The molecule has 1 aliphatic heterocycles. The lowest BCUT2D eigenvalue weighted by molar-refractivity contribution is -0.384. The molecule has 1 aromatic carbocycles. The molecule has 26 heavy (non-hydrogen) atoms. The fourth-order valence-corrected chi connectivity index (χ4v) is 2.63. The third-order valence-corrected chi connectivity index (χ3v) is 4.00. The Morgan fingerprint density at radius 3 is 2.77 bits per heavy atom. The van der Waals surface area contributed by atoms with Gasteiger partial charge in [0.2, 0.25) is 5.91 Å². The summed E-state index contributed by atoms with van der Waals surface area (Å²) >= 11 is 0. The summed E-state index contributed by atoms with van der Waals surface area (Å²) in [5.41, 5.74) is 0.0324. The molecule has 2 aromatic rings. The molecule has 1 aliphatic rings. The van der Waals surface area contributed by atoms with Gasteiger partial charge in [0.05, 0.1) is 17.2 Å². The first kappa shape index (κ1) is 17.5. The lowest BCUT2D eigenvalue weighted by Gasteiger charge is -2.30. The Labute approximate surface area is 148 Å². The van der Waals surface area contributed by atoms with E-state index in [9.17, 15) is 19.7 Å². The lowest BCUT2D eigenvalue weighted by atomic mass is 10.2. The highest BCUT2D eigenvalue weighted by Gasteiger charge is 2.30. The fourth-order valence-electron chi connectivity index (χ4n) is 2.63. The van der Waals surface area contributed by atoms with E-state index in [1.807, 2.05) is 6.92 Å². The number of amides is 2. The van der Waals surface area contributed by atoms with E-state index in [1.165, 1.54) is 28.0 Å². The summed E-state index contributed by atoms with van der Waals surface area (Å²) in [7, 11) is 1.60. The van der Waals surface area contributed by atoms with Crippen molar-refractivity contribution >= 4 is 23.2 Å². The lowest BCUT2D eigenvalue weighted by Crippen LogP contribution is -2.45. The van der Waals surface area contributed by atoms with Crippen LogP contribution in [0.2, 0.25) is 0 Å².